The van der Waals surface area contributed by atoms with Crippen molar-refractivity contribution in [2.75, 3.05) is 28.9 Å². The number of sulfonamides is 1. The number of carbonyl (C=O) groups excluding carboxylic acids is 1. The highest BCUT2D eigenvalue weighted by Crippen LogP contribution is 2.15. The number of hydrogen-bond donors (Lipinski definition) is 3. The molecule has 0 radical (unpaired) electrons. The van der Waals surface area contributed by atoms with Gasteiger partial charge in [-0.15, -0.1) is 0 Å². The lowest BCUT2D eigenvalue weighted by atomic mass is 10.3. The first-order valence-corrected chi connectivity index (χ1v) is 8.23. The quantitative estimate of drug-likeness (QED) is 0.633. The third-order valence-corrected chi connectivity index (χ3v) is 3.91. The lowest BCUT2D eigenvalue weighted by Gasteiger charge is -2.08. The molecule has 0 fully saturated rings. The summed E-state index contributed by atoms with van der Waals surface area (Å²) < 4.78 is 25.2. The van der Waals surface area contributed by atoms with E-state index < -0.39 is 10.0 Å². The van der Waals surface area contributed by atoms with E-state index in [0.29, 0.717) is 24.3 Å². The van der Waals surface area contributed by atoms with Gasteiger partial charge in [0.05, 0.1) is 5.75 Å². The second-order valence-electron chi connectivity index (χ2n) is 4.23. The van der Waals surface area contributed by atoms with Gasteiger partial charge < -0.3 is 10.6 Å². The molecule has 0 saturated carbocycles. The maximum atomic E-state index is 11.6. The van der Waals surface area contributed by atoms with Gasteiger partial charge in [-0.3, -0.25) is 9.52 Å². The molecule has 0 saturated heterocycles. The van der Waals surface area contributed by atoms with E-state index in [4.69, 9.17) is 0 Å². The number of nitrogens with one attached hydrogen (secondary N) is 3. The van der Waals surface area contributed by atoms with E-state index in [1.54, 1.807) is 31.2 Å². The Balaban J connectivity index is 2.52. The van der Waals surface area contributed by atoms with Crippen LogP contribution in [0, 0.1) is 0 Å². The molecule has 1 aromatic carbocycles. The third kappa shape index (κ3) is 6.03. The molecule has 0 aliphatic rings. The van der Waals surface area contributed by atoms with Crippen LogP contribution < -0.4 is 15.4 Å². The van der Waals surface area contributed by atoms with Crippen molar-refractivity contribution >= 4 is 27.3 Å². The fourth-order valence-corrected chi connectivity index (χ4v) is 2.12. The van der Waals surface area contributed by atoms with Crippen molar-refractivity contribution in [1.82, 2.24) is 5.32 Å². The summed E-state index contributed by atoms with van der Waals surface area (Å²) in [6.07, 6.45) is 0.401. The Bertz CT molecular complexity index is 526. The first-order chi connectivity index (χ1) is 9.46. The van der Waals surface area contributed by atoms with E-state index in [0.717, 1.165) is 6.54 Å². The molecule has 0 unspecified atom stereocenters. The molecule has 0 atom stereocenters. The first kappa shape index (κ1) is 16.5. The fraction of sp³-hybridized carbons (Fsp3) is 0.462. The van der Waals surface area contributed by atoms with E-state index in [2.05, 4.69) is 15.4 Å². The summed E-state index contributed by atoms with van der Waals surface area (Å²) in [6, 6.07) is 6.57. The van der Waals surface area contributed by atoms with Gasteiger partial charge in [0, 0.05) is 24.3 Å². The Hall–Kier alpha value is -1.60. The number of benzene rings is 1. The zero-order valence-corrected chi connectivity index (χ0v) is 12.6. The van der Waals surface area contributed by atoms with Gasteiger partial charge in [-0.25, -0.2) is 8.42 Å². The molecule has 0 aromatic heterocycles. The minimum absolute atomic E-state index is 0.0237. The van der Waals surface area contributed by atoms with Crippen molar-refractivity contribution in [2.45, 2.75) is 20.3 Å². The van der Waals surface area contributed by atoms with Crippen LogP contribution in [-0.2, 0) is 14.8 Å². The van der Waals surface area contributed by atoms with Crippen molar-refractivity contribution in [3.8, 4) is 0 Å². The van der Waals surface area contributed by atoms with Gasteiger partial charge in [-0.1, -0.05) is 6.92 Å². The van der Waals surface area contributed by atoms with Gasteiger partial charge in [0.25, 0.3) is 0 Å². The Morgan fingerprint density at radius 3 is 2.25 bits per heavy atom. The Labute approximate surface area is 120 Å². The van der Waals surface area contributed by atoms with Crippen LogP contribution in [0.4, 0.5) is 11.4 Å². The second-order valence-corrected chi connectivity index (χ2v) is 6.25. The topological polar surface area (TPSA) is 87.3 Å². The highest BCUT2D eigenvalue weighted by Gasteiger charge is 2.07. The van der Waals surface area contributed by atoms with E-state index in [9.17, 15) is 13.2 Å². The van der Waals surface area contributed by atoms with E-state index in [1.807, 2.05) is 6.92 Å². The number of carbonyl (C=O) groups is 1. The largest absolute Gasteiger partial charge is 0.326 e. The average Bonchev–Trinajstić information content (AvgIpc) is 2.41. The number of amides is 1. The van der Waals surface area contributed by atoms with Crippen molar-refractivity contribution in [3.05, 3.63) is 24.3 Å². The molecule has 0 spiro atoms. The monoisotopic (exact) mass is 299 g/mol. The summed E-state index contributed by atoms with van der Waals surface area (Å²) in [6.45, 7) is 5.02. The van der Waals surface area contributed by atoms with Crippen LogP contribution in [0.15, 0.2) is 24.3 Å². The van der Waals surface area contributed by atoms with Gasteiger partial charge >= 0.3 is 0 Å². The summed E-state index contributed by atoms with van der Waals surface area (Å²) in [5.74, 6) is -0.0523. The molecule has 112 valence electrons. The van der Waals surface area contributed by atoms with Crippen molar-refractivity contribution in [1.29, 1.82) is 0 Å². The maximum Gasteiger partial charge on any atom is 0.232 e. The van der Waals surface area contributed by atoms with Gasteiger partial charge in [-0.05, 0) is 37.7 Å². The Morgan fingerprint density at radius 2 is 1.70 bits per heavy atom. The lowest BCUT2D eigenvalue weighted by Crippen LogP contribution is -2.21. The van der Waals surface area contributed by atoms with Crippen molar-refractivity contribution in [3.63, 3.8) is 0 Å². The van der Waals surface area contributed by atoms with E-state index in [1.165, 1.54) is 0 Å². The SMILES string of the molecule is CCNCCC(=O)Nc1ccc(NS(=O)(=O)CC)cc1. The van der Waals surface area contributed by atoms with Crippen LogP contribution in [0.3, 0.4) is 0 Å². The van der Waals surface area contributed by atoms with Crippen LogP contribution in [0.1, 0.15) is 20.3 Å². The predicted molar refractivity (Wildman–Crippen MR) is 81.3 cm³/mol. The van der Waals surface area contributed by atoms with Gasteiger partial charge in [0.2, 0.25) is 15.9 Å². The molecule has 0 aliphatic carbocycles. The lowest BCUT2D eigenvalue weighted by molar-refractivity contribution is -0.116. The van der Waals surface area contributed by atoms with E-state index in [-0.39, 0.29) is 11.7 Å². The summed E-state index contributed by atoms with van der Waals surface area (Å²) in [5, 5.41) is 5.82. The highest BCUT2D eigenvalue weighted by molar-refractivity contribution is 7.92. The molecule has 0 heterocycles. The average molecular weight is 299 g/mol. The zero-order chi connectivity index (χ0) is 15.0. The second kappa shape index (κ2) is 7.86. The molecule has 6 nitrogen and oxygen atoms in total. The minimum Gasteiger partial charge on any atom is -0.326 e. The summed E-state index contributed by atoms with van der Waals surface area (Å²) >= 11 is 0. The molecule has 20 heavy (non-hydrogen) atoms. The molecule has 1 aromatic rings. The maximum absolute atomic E-state index is 11.6. The summed E-state index contributed by atoms with van der Waals surface area (Å²) in [7, 11) is -3.27. The molecular weight excluding hydrogens is 278 g/mol. The molecule has 7 heteroatoms. The molecule has 3 N–H and O–H groups in total. The van der Waals surface area contributed by atoms with Gasteiger partial charge in [-0.2, -0.15) is 0 Å². The van der Waals surface area contributed by atoms with Gasteiger partial charge in [0.1, 0.15) is 0 Å². The standard InChI is InChI=1S/C13H21N3O3S/c1-3-14-10-9-13(17)15-11-5-7-12(8-6-11)16-20(18,19)4-2/h5-8,14,16H,3-4,9-10H2,1-2H3,(H,15,17). The fourth-order valence-electron chi connectivity index (χ4n) is 1.48. The summed E-state index contributed by atoms with van der Waals surface area (Å²) in [4.78, 5) is 11.6. The Morgan fingerprint density at radius 1 is 1.10 bits per heavy atom. The Kier molecular flexibility index (Phi) is 6.47. The molecule has 0 aliphatic heterocycles. The third-order valence-electron chi connectivity index (χ3n) is 2.60. The molecule has 1 amide bonds. The number of anilines is 2. The molecule has 1 rings (SSSR count). The predicted octanol–water partition coefficient (Wildman–Crippen LogP) is 1.39. The van der Waals surface area contributed by atoms with Crippen LogP contribution in [0.2, 0.25) is 0 Å². The van der Waals surface area contributed by atoms with Crippen molar-refractivity contribution in [2.24, 2.45) is 0 Å². The number of rotatable bonds is 8. The molecule has 0 bridgehead atoms. The van der Waals surface area contributed by atoms with Gasteiger partial charge in [0.15, 0.2) is 0 Å². The first-order valence-electron chi connectivity index (χ1n) is 6.58. The van der Waals surface area contributed by atoms with E-state index >= 15 is 0 Å². The zero-order valence-electron chi connectivity index (χ0n) is 11.8. The number of hydrogen-bond acceptors (Lipinski definition) is 4. The summed E-state index contributed by atoms with van der Waals surface area (Å²) in [5.41, 5.74) is 1.13. The van der Waals surface area contributed by atoms with Crippen molar-refractivity contribution < 1.29 is 13.2 Å². The van der Waals surface area contributed by atoms with Crippen LogP contribution in [0.25, 0.3) is 0 Å². The highest BCUT2D eigenvalue weighted by atomic mass is 32.2. The smallest absolute Gasteiger partial charge is 0.232 e. The van der Waals surface area contributed by atoms with Crippen LogP contribution in [0.5, 0.6) is 0 Å². The normalized spacial score (nSPS) is 11.1. The van der Waals surface area contributed by atoms with Crippen LogP contribution in [-0.4, -0.2) is 33.2 Å². The molecular formula is C13H21N3O3S. The minimum atomic E-state index is -3.27. The van der Waals surface area contributed by atoms with Crippen LogP contribution >= 0.6 is 0 Å².